The predicted octanol–water partition coefficient (Wildman–Crippen LogP) is 4.11. The Balaban J connectivity index is 1.77. The summed E-state index contributed by atoms with van der Waals surface area (Å²) in [4.78, 5) is 18.5. The topological polar surface area (TPSA) is 68.5 Å². The van der Waals surface area contributed by atoms with E-state index in [-0.39, 0.29) is 5.82 Å². The summed E-state index contributed by atoms with van der Waals surface area (Å²) in [5.41, 5.74) is 0.384. The second kappa shape index (κ2) is 6.01. The largest absolute Gasteiger partial charge is 0.471 e. The highest BCUT2D eigenvalue weighted by Crippen LogP contribution is 2.35. The van der Waals surface area contributed by atoms with Gasteiger partial charge in [-0.25, -0.2) is 4.79 Å². The summed E-state index contributed by atoms with van der Waals surface area (Å²) in [5, 5.41) is 3.40. The minimum absolute atomic E-state index is 0.101. The summed E-state index contributed by atoms with van der Waals surface area (Å²) in [6.45, 7) is 6.20. The van der Waals surface area contributed by atoms with Crippen LogP contribution in [0.1, 0.15) is 37.1 Å². The maximum absolute atomic E-state index is 12.6. The van der Waals surface area contributed by atoms with Crippen LogP contribution in [0.15, 0.2) is 10.6 Å². The van der Waals surface area contributed by atoms with Gasteiger partial charge in [0.15, 0.2) is 0 Å². The molecule has 6 nitrogen and oxygen atoms in total. The average molecular weight is 375 g/mol. The van der Waals surface area contributed by atoms with Gasteiger partial charge in [0, 0.05) is 11.4 Å². The minimum atomic E-state index is -4.67. The first-order valence-electron chi connectivity index (χ1n) is 7.54. The van der Waals surface area contributed by atoms with Crippen LogP contribution in [0.5, 0.6) is 0 Å². The summed E-state index contributed by atoms with van der Waals surface area (Å²) < 4.78 is 47.3. The Bertz CT molecular complexity index is 792. The van der Waals surface area contributed by atoms with Crippen LogP contribution in [0.4, 0.5) is 18.0 Å². The van der Waals surface area contributed by atoms with Gasteiger partial charge in [-0.15, -0.1) is 11.3 Å². The van der Waals surface area contributed by atoms with E-state index in [0.29, 0.717) is 24.4 Å². The predicted molar refractivity (Wildman–Crippen MR) is 83.0 cm³/mol. The molecule has 2 aromatic rings. The van der Waals surface area contributed by atoms with Gasteiger partial charge in [0.2, 0.25) is 5.82 Å². The summed E-state index contributed by atoms with van der Waals surface area (Å²) >= 11 is 1.25. The van der Waals surface area contributed by atoms with E-state index in [2.05, 4.69) is 14.7 Å². The lowest BCUT2D eigenvalue weighted by molar-refractivity contribution is -0.159. The van der Waals surface area contributed by atoms with Crippen molar-refractivity contribution in [1.29, 1.82) is 0 Å². The molecule has 10 heteroatoms. The van der Waals surface area contributed by atoms with Gasteiger partial charge in [-0.2, -0.15) is 18.2 Å². The third kappa shape index (κ3) is 3.94. The molecule has 0 saturated carbocycles. The molecule has 3 rings (SSSR count). The molecule has 0 radical (unpaired) electrons. The van der Waals surface area contributed by atoms with Gasteiger partial charge in [-0.3, -0.25) is 0 Å². The van der Waals surface area contributed by atoms with Gasteiger partial charge in [-0.1, -0.05) is 5.16 Å². The molecule has 0 spiro atoms. The van der Waals surface area contributed by atoms with E-state index in [9.17, 15) is 18.0 Å². The number of thiophene rings is 1. The van der Waals surface area contributed by atoms with Crippen molar-refractivity contribution < 1.29 is 27.2 Å². The van der Waals surface area contributed by atoms with Crippen molar-refractivity contribution in [3.63, 3.8) is 0 Å². The number of carbonyl (C=O) groups excluding carboxylic acids is 1. The number of alkyl halides is 3. The van der Waals surface area contributed by atoms with E-state index < -0.39 is 23.8 Å². The van der Waals surface area contributed by atoms with Crippen molar-refractivity contribution in [1.82, 2.24) is 15.0 Å². The molecule has 136 valence electrons. The van der Waals surface area contributed by atoms with Crippen molar-refractivity contribution in [3.05, 3.63) is 22.4 Å². The van der Waals surface area contributed by atoms with Crippen LogP contribution < -0.4 is 0 Å². The first kappa shape index (κ1) is 17.7. The number of rotatable bonds is 1. The zero-order valence-electron chi connectivity index (χ0n) is 13.8. The third-order valence-corrected chi connectivity index (χ3v) is 4.58. The van der Waals surface area contributed by atoms with Crippen LogP contribution in [-0.2, 0) is 23.9 Å². The molecule has 2 aromatic heterocycles. The Kier molecular flexibility index (Phi) is 4.26. The van der Waals surface area contributed by atoms with Gasteiger partial charge < -0.3 is 14.2 Å². The first-order valence-corrected chi connectivity index (χ1v) is 8.35. The third-order valence-electron chi connectivity index (χ3n) is 3.42. The maximum atomic E-state index is 12.6. The SMILES string of the molecule is CC(C)(C)OC(=O)N1CCc2cc(-c3noc(C(F)(F)F)n3)sc2C1. The smallest absolute Gasteiger partial charge is 0.444 e. The number of amides is 1. The van der Waals surface area contributed by atoms with Gasteiger partial charge in [0.05, 0.1) is 11.4 Å². The highest BCUT2D eigenvalue weighted by atomic mass is 32.1. The highest BCUT2D eigenvalue weighted by Gasteiger charge is 2.39. The van der Waals surface area contributed by atoms with Crippen LogP contribution in [0.2, 0.25) is 0 Å². The van der Waals surface area contributed by atoms with E-state index in [1.165, 1.54) is 11.3 Å². The van der Waals surface area contributed by atoms with Gasteiger partial charge in [-0.05, 0) is 38.8 Å². The molecule has 1 aliphatic rings. The summed E-state index contributed by atoms with van der Waals surface area (Å²) in [6, 6.07) is 1.75. The summed E-state index contributed by atoms with van der Waals surface area (Å²) in [6.07, 6.45) is -4.49. The summed E-state index contributed by atoms with van der Waals surface area (Å²) in [5.74, 6) is -1.47. The lowest BCUT2D eigenvalue weighted by Crippen LogP contribution is -2.39. The second-order valence-corrected chi connectivity index (χ2v) is 7.77. The fraction of sp³-hybridized carbons (Fsp3) is 0.533. The van der Waals surface area contributed by atoms with Crippen LogP contribution in [0, 0.1) is 0 Å². The van der Waals surface area contributed by atoms with Crippen molar-refractivity contribution in [2.24, 2.45) is 0 Å². The van der Waals surface area contributed by atoms with Crippen LogP contribution in [0.25, 0.3) is 10.7 Å². The zero-order chi connectivity index (χ0) is 18.4. The molecule has 0 unspecified atom stereocenters. The van der Waals surface area contributed by atoms with Gasteiger partial charge in [0.1, 0.15) is 5.60 Å². The molecular weight excluding hydrogens is 359 g/mol. The maximum Gasteiger partial charge on any atom is 0.471 e. The molecule has 0 bridgehead atoms. The van der Waals surface area contributed by atoms with Gasteiger partial charge in [0.25, 0.3) is 0 Å². The Morgan fingerprint density at radius 1 is 1.36 bits per heavy atom. The van der Waals surface area contributed by atoms with E-state index in [1.807, 2.05) is 0 Å². The Morgan fingerprint density at radius 3 is 2.68 bits per heavy atom. The van der Waals surface area contributed by atoms with E-state index in [1.54, 1.807) is 31.7 Å². The Labute approximate surface area is 145 Å². The van der Waals surface area contributed by atoms with Crippen LogP contribution >= 0.6 is 11.3 Å². The average Bonchev–Trinajstić information content (AvgIpc) is 3.10. The fourth-order valence-corrected chi connectivity index (χ4v) is 3.50. The van der Waals surface area contributed by atoms with Crippen molar-refractivity contribution in [2.45, 2.75) is 45.5 Å². The lowest BCUT2D eigenvalue weighted by atomic mass is 10.1. The number of aromatic nitrogens is 2. The van der Waals surface area contributed by atoms with Crippen molar-refractivity contribution >= 4 is 17.4 Å². The fourth-order valence-electron chi connectivity index (χ4n) is 2.35. The quantitative estimate of drug-likeness (QED) is 0.750. The molecule has 3 heterocycles. The van der Waals surface area contributed by atoms with Crippen LogP contribution in [0.3, 0.4) is 0 Å². The minimum Gasteiger partial charge on any atom is -0.444 e. The zero-order valence-corrected chi connectivity index (χ0v) is 14.6. The number of carbonyl (C=O) groups is 1. The molecule has 0 aliphatic carbocycles. The van der Waals surface area contributed by atoms with Gasteiger partial charge >= 0.3 is 18.2 Å². The standard InChI is InChI=1S/C15H16F3N3O3S/c1-14(2,3)23-13(22)21-5-4-8-6-9(25-10(8)7-21)11-19-12(24-20-11)15(16,17)18/h6H,4-5,7H2,1-3H3. The van der Waals surface area contributed by atoms with Crippen molar-refractivity contribution in [3.8, 4) is 10.7 Å². The molecule has 0 aromatic carbocycles. The lowest BCUT2D eigenvalue weighted by Gasteiger charge is -2.29. The number of nitrogens with zero attached hydrogens (tertiary/aromatic N) is 3. The second-order valence-electron chi connectivity index (χ2n) is 6.63. The molecule has 1 amide bonds. The van der Waals surface area contributed by atoms with E-state index in [0.717, 1.165) is 10.4 Å². The Hall–Kier alpha value is -2.10. The molecule has 0 saturated heterocycles. The number of halogens is 3. The highest BCUT2D eigenvalue weighted by molar-refractivity contribution is 7.15. The molecule has 1 aliphatic heterocycles. The number of ether oxygens (including phenoxy) is 1. The monoisotopic (exact) mass is 375 g/mol. The first-order chi connectivity index (χ1) is 11.5. The van der Waals surface area contributed by atoms with E-state index >= 15 is 0 Å². The van der Waals surface area contributed by atoms with Crippen LogP contribution in [-0.4, -0.2) is 33.3 Å². The molecule has 0 N–H and O–H groups in total. The van der Waals surface area contributed by atoms with E-state index in [4.69, 9.17) is 4.74 Å². The Morgan fingerprint density at radius 2 is 2.08 bits per heavy atom. The normalized spacial score (nSPS) is 15.2. The van der Waals surface area contributed by atoms with Crippen molar-refractivity contribution in [2.75, 3.05) is 6.54 Å². The molecular formula is C15H16F3N3O3S. The number of hydrogen-bond acceptors (Lipinski definition) is 6. The number of fused-ring (bicyclic) bond motifs is 1. The molecule has 0 atom stereocenters. The molecule has 25 heavy (non-hydrogen) atoms. The molecule has 0 fully saturated rings. The summed E-state index contributed by atoms with van der Waals surface area (Å²) in [7, 11) is 0. The number of hydrogen-bond donors (Lipinski definition) is 0.